The summed E-state index contributed by atoms with van der Waals surface area (Å²) in [6.07, 6.45) is -0.299. The second-order valence-electron chi connectivity index (χ2n) is 7.78. The van der Waals surface area contributed by atoms with Crippen molar-refractivity contribution in [3.8, 4) is 0 Å². The van der Waals surface area contributed by atoms with Crippen LogP contribution in [-0.4, -0.2) is 70.9 Å². The van der Waals surface area contributed by atoms with Gasteiger partial charge in [0.1, 0.15) is 12.2 Å². The molecule has 2 heterocycles. The van der Waals surface area contributed by atoms with E-state index in [1.54, 1.807) is 11.8 Å². The van der Waals surface area contributed by atoms with Crippen LogP contribution in [0.3, 0.4) is 0 Å². The summed E-state index contributed by atoms with van der Waals surface area (Å²) in [4.78, 5) is 9.25. The van der Waals surface area contributed by atoms with Crippen LogP contribution in [0.2, 0.25) is 0 Å². The molecule has 2 aromatic heterocycles. The number of hydrogen-bond donors (Lipinski definition) is 4. The van der Waals surface area contributed by atoms with E-state index in [2.05, 4.69) is 44.7 Å². The van der Waals surface area contributed by atoms with Crippen molar-refractivity contribution < 1.29 is 15.3 Å². The zero-order chi connectivity index (χ0) is 21.8. The molecule has 166 valence electrons. The van der Waals surface area contributed by atoms with E-state index in [4.69, 9.17) is 0 Å². The predicted octanol–water partition coefficient (Wildman–Crippen LogP) is 1.80. The first-order valence-corrected chi connectivity index (χ1v) is 11.6. The van der Waals surface area contributed by atoms with Crippen LogP contribution < -0.4 is 5.32 Å². The molecular formula is C21H28N6O3S. The molecule has 9 nitrogen and oxygen atoms in total. The number of nitrogens with zero attached hydrogens (tertiary/aromatic N) is 5. The average molecular weight is 445 g/mol. The van der Waals surface area contributed by atoms with Gasteiger partial charge in [0, 0.05) is 18.7 Å². The SMILES string of the molecule is CCCSc1nc(NCCCc2ccccc2)c2nnn([C@@H]3C[C@H](O)[C@@H](O)[C@H]3O)c2n1. The van der Waals surface area contributed by atoms with Crippen molar-refractivity contribution in [2.45, 2.75) is 62.1 Å². The lowest BCUT2D eigenvalue weighted by Crippen LogP contribution is -2.31. The number of fused-ring (bicyclic) bond motifs is 1. The van der Waals surface area contributed by atoms with E-state index in [-0.39, 0.29) is 6.42 Å². The Hall–Kier alpha value is -2.27. The molecule has 4 N–H and O–H groups in total. The minimum absolute atomic E-state index is 0.183. The third-order valence-corrected chi connectivity index (χ3v) is 6.50. The highest BCUT2D eigenvalue weighted by Gasteiger charge is 2.43. The van der Waals surface area contributed by atoms with Gasteiger partial charge in [0.2, 0.25) is 0 Å². The highest BCUT2D eigenvalue weighted by molar-refractivity contribution is 7.99. The number of aliphatic hydroxyl groups excluding tert-OH is 3. The zero-order valence-electron chi connectivity index (χ0n) is 17.4. The van der Waals surface area contributed by atoms with E-state index in [0.717, 1.165) is 31.6 Å². The number of aliphatic hydroxyl groups is 3. The molecule has 0 unspecified atom stereocenters. The Morgan fingerprint density at radius 3 is 2.65 bits per heavy atom. The first kappa shape index (κ1) is 21.9. The second-order valence-corrected chi connectivity index (χ2v) is 8.84. The molecule has 4 atom stereocenters. The van der Waals surface area contributed by atoms with Gasteiger partial charge in [-0.25, -0.2) is 14.6 Å². The van der Waals surface area contributed by atoms with E-state index in [9.17, 15) is 15.3 Å². The summed E-state index contributed by atoms with van der Waals surface area (Å²) in [5.41, 5.74) is 2.29. The Labute approximate surface area is 184 Å². The number of thioether (sulfide) groups is 1. The van der Waals surface area contributed by atoms with Gasteiger partial charge in [-0.3, -0.25) is 0 Å². The average Bonchev–Trinajstić information content (AvgIpc) is 3.32. The third kappa shape index (κ3) is 4.82. The molecule has 4 rings (SSSR count). The minimum atomic E-state index is -1.21. The Morgan fingerprint density at radius 2 is 1.94 bits per heavy atom. The largest absolute Gasteiger partial charge is 0.390 e. The van der Waals surface area contributed by atoms with Gasteiger partial charge in [-0.1, -0.05) is 54.2 Å². The van der Waals surface area contributed by atoms with Crippen LogP contribution >= 0.6 is 11.8 Å². The van der Waals surface area contributed by atoms with Crippen LogP contribution in [0.5, 0.6) is 0 Å². The van der Waals surface area contributed by atoms with Crippen molar-refractivity contribution in [1.29, 1.82) is 0 Å². The molecule has 0 bridgehead atoms. The van der Waals surface area contributed by atoms with Gasteiger partial charge in [-0.2, -0.15) is 0 Å². The monoisotopic (exact) mass is 444 g/mol. The van der Waals surface area contributed by atoms with Crippen molar-refractivity contribution in [1.82, 2.24) is 25.0 Å². The maximum Gasteiger partial charge on any atom is 0.191 e. The number of aromatic nitrogens is 5. The van der Waals surface area contributed by atoms with Gasteiger partial charge in [0.15, 0.2) is 22.1 Å². The van der Waals surface area contributed by atoms with E-state index >= 15 is 0 Å². The molecule has 1 fully saturated rings. The Morgan fingerprint density at radius 1 is 1.13 bits per heavy atom. The molecule has 0 radical (unpaired) electrons. The molecule has 1 aliphatic rings. The van der Waals surface area contributed by atoms with Crippen molar-refractivity contribution in [2.24, 2.45) is 0 Å². The first-order chi connectivity index (χ1) is 15.1. The lowest BCUT2D eigenvalue weighted by Gasteiger charge is -2.16. The van der Waals surface area contributed by atoms with Crippen LogP contribution in [0, 0.1) is 0 Å². The van der Waals surface area contributed by atoms with E-state index in [0.29, 0.717) is 22.1 Å². The second kappa shape index (κ2) is 9.90. The van der Waals surface area contributed by atoms with Gasteiger partial charge < -0.3 is 20.6 Å². The number of benzene rings is 1. The minimum Gasteiger partial charge on any atom is -0.390 e. The molecule has 31 heavy (non-hydrogen) atoms. The van der Waals surface area contributed by atoms with Gasteiger partial charge in [0.05, 0.1) is 12.1 Å². The summed E-state index contributed by atoms with van der Waals surface area (Å²) < 4.78 is 1.51. The van der Waals surface area contributed by atoms with Crippen LogP contribution in [0.1, 0.15) is 37.8 Å². The maximum atomic E-state index is 10.4. The number of aryl methyl sites for hydroxylation is 1. The molecule has 0 amide bonds. The molecule has 3 aromatic rings. The topological polar surface area (TPSA) is 129 Å². The Kier molecular flexibility index (Phi) is 7.01. The van der Waals surface area contributed by atoms with Gasteiger partial charge in [-0.15, -0.1) is 5.10 Å². The fraction of sp³-hybridized carbons (Fsp3) is 0.524. The van der Waals surface area contributed by atoms with Crippen LogP contribution in [0.4, 0.5) is 5.82 Å². The quantitative estimate of drug-likeness (QED) is 0.222. The summed E-state index contributed by atoms with van der Waals surface area (Å²) >= 11 is 1.55. The normalized spacial score (nSPS) is 23.5. The summed E-state index contributed by atoms with van der Waals surface area (Å²) in [6.45, 7) is 2.81. The van der Waals surface area contributed by atoms with Crippen molar-refractivity contribution >= 4 is 28.7 Å². The van der Waals surface area contributed by atoms with E-state index in [1.165, 1.54) is 10.2 Å². The Balaban J connectivity index is 1.56. The molecule has 0 aliphatic heterocycles. The van der Waals surface area contributed by atoms with E-state index < -0.39 is 24.4 Å². The standard InChI is InChI=1S/C21H28N6O3S/c1-2-11-31-21-23-19(22-10-6-9-13-7-4-3-5-8-13)16-20(24-21)27(26-25-16)14-12-15(28)18(30)17(14)29/h3-5,7-8,14-15,17-18,28-30H,2,6,9-12H2,1H3,(H,22,23,24)/t14-,15+,17+,18-/m1/s1. The van der Waals surface area contributed by atoms with Gasteiger partial charge in [-0.05, 0) is 24.8 Å². The maximum absolute atomic E-state index is 10.4. The summed E-state index contributed by atoms with van der Waals surface area (Å²) in [7, 11) is 0. The molecular weight excluding hydrogens is 416 g/mol. The number of rotatable bonds is 9. The number of nitrogens with one attached hydrogen (secondary N) is 1. The zero-order valence-corrected chi connectivity index (χ0v) is 18.2. The van der Waals surface area contributed by atoms with Crippen molar-refractivity contribution in [3.63, 3.8) is 0 Å². The first-order valence-electron chi connectivity index (χ1n) is 10.7. The van der Waals surface area contributed by atoms with E-state index in [1.807, 2.05) is 18.2 Å². The summed E-state index contributed by atoms with van der Waals surface area (Å²) in [5, 5.41) is 42.7. The molecule has 0 saturated heterocycles. The van der Waals surface area contributed by atoms with Crippen LogP contribution in [-0.2, 0) is 6.42 Å². The lowest BCUT2D eigenvalue weighted by molar-refractivity contribution is -0.0253. The number of anilines is 1. The Bertz CT molecular complexity index is 1000. The molecule has 1 saturated carbocycles. The molecule has 10 heteroatoms. The third-order valence-electron chi connectivity index (χ3n) is 5.45. The smallest absolute Gasteiger partial charge is 0.191 e. The molecule has 1 aliphatic carbocycles. The highest BCUT2D eigenvalue weighted by atomic mass is 32.2. The molecule has 0 spiro atoms. The fourth-order valence-electron chi connectivity index (χ4n) is 3.78. The summed E-state index contributed by atoms with van der Waals surface area (Å²) in [6, 6.07) is 9.72. The predicted molar refractivity (Wildman–Crippen MR) is 119 cm³/mol. The van der Waals surface area contributed by atoms with Crippen molar-refractivity contribution in [3.05, 3.63) is 35.9 Å². The highest BCUT2D eigenvalue weighted by Crippen LogP contribution is 2.33. The summed E-state index contributed by atoms with van der Waals surface area (Å²) in [5.74, 6) is 1.49. The molecule has 1 aromatic carbocycles. The van der Waals surface area contributed by atoms with Gasteiger partial charge >= 0.3 is 0 Å². The number of hydrogen-bond acceptors (Lipinski definition) is 9. The van der Waals surface area contributed by atoms with Gasteiger partial charge in [0.25, 0.3) is 0 Å². The van der Waals surface area contributed by atoms with Crippen LogP contribution in [0.15, 0.2) is 35.5 Å². The lowest BCUT2D eigenvalue weighted by atomic mass is 10.1. The van der Waals surface area contributed by atoms with Crippen molar-refractivity contribution in [2.75, 3.05) is 17.6 Å². The van der Waals surface area contributed by atoms with Crippen LogP contribution in [0.25, 0.3) is 11.2 Å². The fourth-order valence-corrected chi connectivity index (χ4v) is 4.48.